The van der Waals surface area contributed by atoms with Crippen LogP contribution in [0.15, 0.2) is 42.5 Å². The van der Waals surface area contributed by atoms with Gasteiger partial charge in [-0.1, -0.05) is 35.9 Å². The summed E-state index contributed by atoms with van der Waals surface area (Å²) in [7, 11) is 0. The lowest BCUT2D eigenvalue weighted by Crippen LogP contribution is -2.35. The van der Waals surface area contributed by atoms with Gasteiger partial charge in [-0.15, -0.1) is 0 Å². The number of para-hydroxylation sites is 1. The molecule has 0 fully saturated rings. The number of halogens is 1. The van der Waals surface area contributed by atoms with Gasteiger partial charge >= 0.3 is 0 Å². The number of pyridine rings is 1. The molecule has 2 aromatic rings. The average Bonchev–Trinajstić information content (AvgIpc) is 2.46. The predicted octanol–water partition coefficient (Wildman–Crippen LogP) is 3.33. The fourth-order valence-electron chi connectivity index (χ4n) is 2.41. The van der Waals surface area contributed by atoms with Gasteiger partial charge in [0.25, 0.3) is 5.91 Å². The number of hydrogen-bond acceptors (Lipinski definition) is 2. The molecule has 0 saturated heterocycles. The van der Waals surface area contributed by atoms with Crippen LogP contribution in [0.25, 0.3) is 0 Å². The van der Waals surface area contributed by atoms with Gasteiger partial charge in [-0.25, -0.2) is 4.98 Å². The van der Waals surface area contributed by atoms with E-state index in [9.17, 15) is 4.79 Å². The Morgan fingerprint density at radius 2 is 2.00 bits per heavy atom. The van der Waals surface area contributed by atoms with E-state index in [0.717, 1.165) is 25.1 Å². The number of hydrogen-bond donors (Lipinski definition) is 0. The van der Waals surface area contributed by atoms with Crippen molar-refractivity contribution in [3.05, 3.63) is 58.9 Å². The fourth-order valence-corrected chi connectivity index (χ4v) is 2.57. The van der Waals surface area contributed by atoms with Crippen molar-refractivity contribution in [2.45, 2.75) is 12.8 Å². The van der Waals surface area contributed by atoms with E-state index in [-0.39, 0.29) is 5.91 Å². The van der Waals surface area contributed by atoms with Crippen molar-refractivity contribution in [2.75, 3.05) is 11.4 Å². The molecule has 3 rings (SSSR count). The van der Waals surface area contributed by atoms with Crippen molar-refractivity contribution in [3.8, 4) is 0 Å². The van der Waals surface area contributed by atoms with Crippen LogP contribution in [0.5, 0.6) is 0 Å². The highest BCUT2D eigenvalue weighted by Crippen LogP contribution is 2.27. The predicted molar refractivity (Wildman–Crippen MR) is 75.7 cm³/mol. The summed E-state index contributed by atoms with van der Waals surface area (Å²) in [6.45, 7) is 0.726. The van der Waals surface area contributed by atoms with Crippen LogP contribution in [-0.4, -0.2) is 17.4 Å². The van der Waals surface area contributed by atoms with E-state index in [2.05, 4.69) is 11.1 Å². The van der Waals surface area contributed by atoms with Gasteiger partial charge in [-0.05, 0) is 36.6 Å². The lowest BCUT2D eigenvalue weighted by atomic mass is 10.0. The van der Waals surface area contributed by atoms with Crippen LogP contribution in [-0.2, 0) is 6.42 Å². The molecule has 1 aromatic carbocycles. The zero-order chi connectivity index (χ0) is 13.2. The molecule has 1 amide bonds. The lowest BCUT2D eigenvalue weighted by molar-refractivity contribution is 0.0980. The zero-order valence-corrected chi connectivity index (χ0v) is 11.1. The number of amides is 1. The number of aromatic nitrogens is 1. The van der Waals surface area contributed by atoms with Crippen LogP contribution in [0.3, 0.4) is 0 Å². The lowest BCUT2D eigenvalue weighted by Gasteiger charge is -2.29. The third-order valence-corrected chi connectivity index (χ3v) is 3.50. The summed E-state index contributed by atoms with van der Waals surface area (Å²) in [6, 6.07) is 13.1. The van der Waals surface area contributed by atoms with Crippen LogP contribution in [0.1, 0.15) is 22.5 Å². The molecular weight excluding hydrogens is 260 g/mol. The molecule has 1 aliphatic heterocycles. The maximum Gasteiger partial charge on any atom is 0.276 e. The second kappa shape index (κ2) is 5.02. The Bertz CT molecular complexity index is 627. The summed E-state index contributed by atoms with van der Waals surface area (Å²) in [4.78, 5) is 18.4. The summed E-state index contributed by atoms with van der Waals surface area (Å²) in [6.07, 6.45) is 1.99. The zero-order valence-electron chi connectivity index (χ0n) is 10.3. The first kappa shape index (κ1) is 12.2. The molecule has 19 heavy (non-hydrogen) atoms. The Hall–Kier alpha value is -1.87. The molecule has 4 heteroatoms. The molecule has 1 aromatic heterocycles. The van der Waals surface area contributed by atoms with Crippen LogP contribution >= 0.6 is 11.6 Å². The van der Waals surface area contributed by atoms with Gasteiger partial charge in [0.15, 0.2) is 0 Å². The van der Waals surface area contributed by atoms with Crippen LogP contribution in [0.4, 0.5) is 5.69 Å². The molecule has 0 spiro atoms. The number of carbonyl (C=O) groups is 1. The monoisotopic (exact) mass is 272 g/mol. The highest BCUT2D eigenvalue weighted by atomic mass is 35.5. The van der Waals surface area contributed by atoms with Gasteiger partial charge < -0.3 is 4.90 Å². The number of carbonyl (C=O) groups excluding carboxylic acids is 1. The minimum absolute atomic E-state index is 0.0883. The maximum atomic E-state index is 12.5. The molecule has 0 bridgehead atoms. The first-order chi connectivity index (χ1) is 9.25. The van der Waals surface area contributed by atoms with Crippen molar-refractivity contribution < 1.29 is 4.79 Å². The number of rotatable bonds is 1. The Balaban J connectivity index is 1.98. The van der Waals surface area contributed by atoms with Gasteiger partial charge in [0.2, 0.25) is 0 Å². The van der Waals surface area contributed by atoms with E-state index in [4.69, 9.17) is 11.6 Å². The standard InChI is InChI=1S/C15H13ClN2O/c16-14-9-3-7-12(17-14)15(19)18-10-4-6-11-5-1-2-8-13(11)18/h1-3,5,7-9H,4,6,10H2. The van der Waals surface area contributed by atoms with Gasteiger partial charge in [-0.2, -0.15) is 0 Å². The summed E-state index contributed by atoms with van der Waals surface area (Å²) < 4.78 is 0. The van der Waals surface area contributed by atoms with Gasteiger partial charge in [0.1, 0.15) is 10.8 Å². The Kier molecular flexibility index (Phi) is 3.22. The summed E-state index contributed by atoms with van der Waals surface area (Å²) in [5, 5.41) is 0.344. The molecule has 0 radical (unpaired) electrons. The van der Waals surface area contributed by atoms with Crippen molar-refractivity contribution in [2.24, 2.45) is 0 Å². The Morgan fingerprint density at radius 3 is 2.84 bits per heavy atom. The van der Waals surface area contributed by atoms with Crippen molar-refractivity contribution in [1.82, 2.24) is 4.98 Å². The molecule has 96 valence electrons. The summed E-state index contributed by atoms with van der Waals surface area (Å²) in [5.74, 6) is -0.0883. The molecule has 0 saturated carbocycles. The third-order valence-electron chi connectivity index (χ3n) is 3.29. The second-order valence-electron chi connectivity index (χ2n) is 4.53. The largest absolute Gasteiger partial charge is 0.307 e. The smallest absolute Gasteiger partial charge is 0.276 e. The van der Waals surface area contributed by atoms with E-state index < -0.39 is 0 Å². The fraction of sp³-hybridized carbons (Fsp3) is 0.200. The highest BCUT2D eigenvalue weighted by molar-refractivity contribution is 6.29. The molecule has 0 aliphatic carbocycles. The van der Waals surface area contributed by atoms with E-state index in [1.54, 1.807) is 23.1 Å². The van der Waals surface area contributed by atoms with E-state index in [1.807, 2.05) is 18.2 Å². The van der Waals surface area contributed by atoms with Gasteiger partial charge in [0.05, 0.1) is 0 Å². The SMILES string of the molecule is O=C(c1cccc(Cl)n1)N1CCCc2ccccc21. The third kappa shape index (κ3) is 2.34. The quantitative estimate of drug-likeness (QED) is 0.746. The van der Waals surface area contributed by atoms with Crippen molar-refractivity contribution in [1.29, 1.82) is 0 Å². The first-order valence-corrected chi connectivity index (χ1v) is 6.66. The first-order valence-electron chi connectivity index (χ1n) is 6.28. The highest BCUT2D eigenvalue weighted by Gasteiger charge is 2.23. The number of aryl methyl sites for hydroxylation is 1. The van der Waals surface area contributed by atoms with Crippen molar-refractivity contribution in [3.63, 3.8) is 0 Å². The summed E-state index contributed by atoms with van der Waals surface area (Å²) >= 11 is 5.85. The van der Waals surface area contributed by atoms with Gasteiger partial charge in [0, 0.05) is 12.2 Å². The molecule has 1 aliphatic rings. The van der Waals surface area contributed by atoms with Crippen molar-refractivity contribution >= 4 is 23.2 Å². The minimum atomic E-state index is -0.0883. The van der Waals surface area contributed by atoms with Gasteiger partial charge in [-0.3, -0.25) is 4.79 Å². The molecule has 3 nitrogen and oxygen atoms in total. The molecule has 0 atom stereocenters. The minimum Gasteiger partial charge on any atom is -0.307 e. The Morgan fingerprint density at radius 1 is 1.16 bits per heavy atom. The van der Waals surface area contributed by atoms with Crippen LogP contribution in [0, 0.1) is 0 Å². The number of anilines is 1. The number of benzene rings is 1. The van der Waals surface area contributed by atoms with E-state index in [1.165, 1.54) is 5.56 Å². The summed E-state index contributed by atoms with van der Waals surface area (Å²) in [5.41, 5.74) is 2.59. The van der Waals surface area contributed by atoms with Crippen LogP contribution in [0.2, 0.25) is 5.15 Å². The second-order valence-corrected chi connectivity index (χ2v) is 4.92. The number of fused-ring (bicyclic) bond motifs is 1. The maximum absolute atomic E-state index is 12.5. The molecule has 0 unspecified atom stereocenters. The molecule has 2 heterocycles. The van der Waals surface area contributed by atoms with E-state index >= 15 is 0 Å². The number of nitrogens with zero attached hydrogens (tertiary/aromatic N) is 2. The molecule has 0 N–H and O–H groups in total. The van der Waals surface area contributed by atoms with Crippen LogP contribution < -0.4 is 4.90 Å². The average molecular weight is 273 g/mol. The van der Waals surface area contributed by atoms with E-state index in [0.29, 0.717) is 10.8 Å². The topological polar surface area (TPSA) is 33.2 Å². The normalized spacial score (nSPS) is 14.1. The Labute approximate surface area is 116 Å². The molecular formula is C15H13ClN2O.